The molecule has 2 aromatic carbocycles. The minimum absolute atomic E-state index is 0.0245. The van der Waals surface area contributed by atoms with Gasteiger partial charge >= 0.3 is 0 Å². The van der Waals surface area contributed by atoms with Crippen molar-refractivity contribution in [3.63, 3.8) is 0 Å². The van der Waals surface area contributed by atoms with Crippen LogP contribution in [0.2, 0.25) is 0 Å². The molecule has 0 amide bonds. The maximum atomic E-state index is 13.1. The Balaban J connectivity index is 1.80. The fourth-order valence-corrected chi connectivity index (χ4v) is 1.94. The number of hydrogen-bond acceptors (Lipinski definition) is 4. The molecule has 6 heteroatoms. The molecule has 4 nitrogen and oxygen atoms in total. The van der Waals surface area contributed by atoms with Crippen molar-refractivity contribution in [3.8, 4) is 11.5 Å². The first kappa shape index (κ1) is 17.3. The maximum Gasteiger partial charge on any atom is 0.133 e. The van der Waals surface area contributed by atoms with E-state index in [1.54, 1.807) is 12.1 Å². The number of rotatable bonds is 9. The van der Waals surface area contributed by atoms with E-state index in [2.05, 4.69) is 5.32 Å². The van der Waals surface area contributed by atoms with Gasteiger partial charge in [-0.2, -0.15) is 0 Å². The molecule has 0 aliphatic rings. The van der Waals surface area contributed by atoms with Crippen molar-refractivity contribution < 1.29 is 23.4 Å². The van der Waals surface area contributed by atoms with Gasteiger partial charge in [-0.3, -0.25) is 0 Å². The second-order valence-electron chi connectivity index (χ2n) is 4.86. The van der Waals surface area contributed by atoms with Crippen LogP contribution >= 0.6 is 0 Å². The summed E-state index contributed by atoms with van der Waals surface area (Å²) in [6.07, 6.45) is 0. The summed E-state index contributed by atoms with van der Waals surface area (Å²) in [5.74, 6) is -0.729. The second kappa shape index (κ2) is 9.19. The first-order valence-corrected chi connectivity index (χ1v) is 7.29. The molecule has 0 radical (unpaired) electrons. The SMILES string of the molecule is OCCOCCNCc1ccc(Oc2cc(F)cc(F)c2)cc1. The highest BCUT2D eigenvalue weighted by Crippen LogP contribution is 2.23. The molecule has 0 bridgehead atoms. The molecule has 2 aromatic rings. The molecule has 0 spiro atoms. The molecule has 2 N–H and O–H groups in total. The van der Waals surface area contributed by atoms with Gasteiger partial charge in [0.1, 0.15) is 23.1 Å². The molecule has 23 heavy (non-hydrogen) atoms. The van der Waals surface area contributed by atoms with Crippen LogP contribution in [0, 0.1) is 11.6 Å². The Bertz CT molecular complexity index is 585. The van der Waals surface area contributed by atoms with E-state index in [0.29, 0.717) is 32.1 Å². The van der Waals surface area contributed by atoms with Crippen molar-refractivity contribution in [1.29, 1.82) is 0 Å². The lowest BCUT2D eigenvalue weighted by atomic mass is 10.2. The topological polar surface area (TPSA) is 50.7 Å². The summed E-state index contributed by atoms with van der Waals surface area (Å²) in [6.45, 7) is 2.25. The average molecular weight is 323 g/mol. The molecule has 0 aliphatic carbocycles. The van der Waals surface area contributed by atoms with Gasteiger partial charge in [0.05, 0.1) is 19.8 Å². The maximum absolute atomic E-state index is 13.1. The summed E-state index contributed by atoms with van der Waals surface area (Å²) < 4.78 is 36.7. The molecular formula is C17H19F2NO3. The summed E-state index contributed by atoms with van der Waals surface area (Å²) in [4.78, 5) is 0. The van der Waals surface area contributed by atoms with Gasteiger partial charge in [0.25, 0.3) is 0 Å². The third-order valence-electron chi connectivity index (χ3n) is 2.98. The zero-order valence-corrected chi connectivity index (χ0v) is 12.6. The number of halogens is 2. The molecule has 0 atom stereocenters. The first-order valence-electron chi connectivity index (χ1n) is 7.29. The van der Waals surface area contributed by atoms with Crippen LogP contribution in [0.1, 0.15) is 5.56 Å². The van der Waals surface area contributed by atoms with Crippen LogP contribution in [0.5, 0.6) is 11.5 Å². The van der Waals surface area contributed by atoms with Gasteiger partial charge in [-0.15, -0.1) is 0 Å². The summed E-state index contributed by atoms with van der Waals surface area (Å²) in [5.41, 5.74) is 1.05. The lowest BCUT2D eigenvalue weighted by Gasteiger charge is -2.08. The van der Waals surface area contributed by atoms with Gasteiger partial charge < -0.3 is 19.9 Å². The van der Waals surface area contributed by atoms with Gasteiger partial charge in [0.15, 0.2) is 0 Å². The van der Waals surface area contributed by atoms with Gasteiger partial charge in [-0.1, -0.05) is 12.1 Å². The summed E-state index contributed by atoms with van der Waals surface area (Å²) in [5, 5.41) is 11.8. The number of aliphatic hydroxyl groups excluding tert-OH is 1. The van der Waals surface area contributed by atoms with E-state index >= 15 is 0 Å². The Morgan fingerprint density at radius 3 is 2.26 bits per heavy atom. The third-order valence-corrected chi connectivity index (χ3v) is 2.98. The Morgan fingerprint density at radius 1 is 0.913 bits per heavy atom. The minimum atomic E-state index is -0.677. The number of hydrogen-bond donors (Lipinski definition) is 2. The van der Waals surface area contributed by atoms with Gasteiger partial charge in [0, 0.05) is 31.3 Å². The quantitative estimate of drug-likeness (QED) is 0.697. The van der Waals surface area contributed by atoms with E-state index in [-0.39, 0.29) is 12.4 Å². The molecular weight excluding hydrogens is 304 g/mol. The molecule has 0 unspecified atom stereocenters. The van der Waals surface area contributed by atoms with Crippen molar-refractivity contribution >= 4 is 0 Å². The van der Waals surface area contributed by atoms with Crippen LogP contribution in [-0.2, 0) is 11.3 Å². The largest absolute Gasteiger partial charge is 0.457 e. The lowest BCUT2D eigenvalue weighted by molar-refractivity contribution is 0.0938. The smallest absolute Gasteiger partial charge is 0.133 e. The molecule has 124 valence electrons. The van der Waals surface area contributed by atoms with E-state index in [1.807, 2.05) is 12.1 Å². The monoisotopic (exact) mass is 323 g/mol. The molecule has 0 saturated carbocycles. The van der Waals surface area contributed by atoms with Crippen LogP contribution in [0.15, 0.2) is 42.5 Å². The van der Waals surface area contributed by atoms with E-state index in [4.69, 9.17) is 14.6 Å². The predicted octanol–water partition coefficient (Wildman–Crippen LogP) is 2.86. The third kappa shape index (κ3) is 6.32. The second-order valence-corrected chi connectivity index (χ2v) is 4.86. The van der Waals surface area contributed by atoms with E-state index < -0.39 is 11.6 Å². The van der Waals surface area contributed by atoms with Crippen LogP contribution in [0.3, 0.4) is 0 Å². The van der Waals surface area contributed by atoms with Crippen molar-refractivity contribution in [2.24, 2.45) is 0 Å². The Morgan fingerprint density at radius 2 is 1.61 bits per heavy atom. The normalized spacial score (nSPS) is 10.7. The molecule has 0 aromatic heterocycles. The van der Waals surface area contributed by atoms with Crippen LogP contribution in [-0.4, -0.2) is 31.5 Å². The van der Waals surface area contributed by atoms with Gasteiger partial charge in [-0.05, 0) is 17.7 Å². The summed E-state index contributed by atoms with van der Waals surface area (Å²) in [6, 6.07) is 10.3. The summed E-state index contributed by atoms with van der Waals surface area (Å²) in [7, 11) is 0. The highest BCUT2D eigenvalue weighted by molar-refractivity contribution is 5.33. The Labute approximate surface area is 133 Å². The van der Waals surface area contributed by atoms with Crippen LogP contribution in [0.25, 0.3) is 0 Å². The number of benzene rings is 2. The fraction of sp³-hybridized carbons (Fsp3) is 0.294. The molecule has 2 rings (SSSR count). The Kier molecular flexibility index (Phi) is 6.93. The fourth-order valence-electron chi connectivity index (χ4n) is 1.94. The van der Waals surface area contributed by atoms with Crippen LogP contribution < -0.4 is 10.1 Å². The predicted molar refractivity (Wildman–Crippen MR) is 82.5 cm³/mol. The molecule has 0 saturated heterocycles. The molecule has 0 heterocycles. The Hall–Kier alpha value is -2.02. The van der Waals surface area contributed by atoms with Crippen molar-refractivity contribution in [1.82, 2.24) is 5.32 Å². The van der Waals surface area contributed by atoms with Gasteiger partial charge in [0.2, 0.25) is 0 Å². The zero-order valence-electron chi connectivity index (χ0n) is 12.6. The van der Waals surface area contributed by atoms with Crippen molar-refractivity contribution in [2.45, 2.75) is 6.54 Å². The van der Waals surface area contributed by atoms with Crippen molar-refractivity contribution in [2.75, 3.05) is 26.4 Å². The zero-order chi connectivity index (χ0) is 16.5. The number of ether oxygens (including phenoxy) is 2. The molecule has 0 aliphatic heterocycles. The van der Waals surface area contributed by atoms with E-state index in [9.17, 15) is 8.78 Å². The van der Waals surface area contributed by atoms with Crippen molar-refractivity contribution in [3.05, 3.63) is 59.7 Å². The highest BCUT2D eigenvalue weighted by atomic mass is 19.1. The minimum Gasteiger partial charge on any atom is -0.457 e. The van der Waals surface area contributed by atoms with Gasteiger partial charge in [-0.25, -0.2) is 8.78 Å². The molecule has 0 fully saturated rings. The van der Waals surface area contributed by atoms with E-state index in [1.165, 1.54) is 0 Å². The number of aliphatic hydroxyl groups is 1. The summed E-state index contributed by atoms with van der Waals surface area (Å²) >= 11 is 0. The van der Waals surface area contributed by atoms with Crippen LogP contribution in [0.4, 0.5) is 8.78 Å². The standard InChI is InChI=1S/C17H19F2NO3/c18-14-9-15(19)11-17(10-14)23-16-3-1-13(2-4-16)12-20-5-7-22-8-6-21/h1-4,9-11,20-21H,5-8,12H2. The van der Waals surface area contributed by atoms with E-state index in [0.717, 1.165) is 23.8 Å². The highest BCUT2D eigenvalue weighted by Gasteiger charge is 2.03. The number of nitrogens with one attached hydrogen (secondary N) is 1. The average Bonchev–Trinajstić information content (AvgIpc) is 2.51. The first-order chi connectivity index (χ1) is 11.2. The lowest BCUT2D eigenvalue weighted by Crippen LogP contribution is -2.19.